The highest BCUT2D eigenvalue weighted by atomic mass is 79.9. The van der Waals surface area contributed by atoms with Gasteiger partial charge < -0.3 is 55.7 Å². The van der Waals surface area contributed by atoms with E-state index < -0.39 is 11.8 Å². The van der Waals surface area contributed by atoms with Gasteiger partial charge in [-0.05, 0) is 63.0 Å². The minimum atomic E-state index is -0.649. The number of thioether (sulfide) groups is 2. The van der Waals surface area contributed by atoms with E-state index in [2.05, 4.69) is 73.1 Å². The van der Waals surface area contributed by atoms with Crippen LogP contribution in [0.2, 0.25) is 0 Å². The number of aromatic nitrogens is 2. The molecular formula is C34H46Br2N14O4S2. The van der Waals surface area contributed by atoms with Crippen LogP contribution in [0.15, 0.2) is 65.4 Å². The number of halogens is 2. The number of unbranched alkanes of at least 4 members (excludes halogenated alkanes) is 2. The van der Waals surface area contributed by atoms with E-state index in [4.69, 9.17) is 34.4 Å². The topological polar surface area (TPSA) is 323 Å². The normalized spacial score (nSPS) is 10.6. The fourth-order valence-electron chi connectivity index (χ4n) is 4.78. The van der Waals surface area contributed by atoms with E-state index in [-0.39, 0.29) is 61.1 Å². The highest BCUT2D eigenvalue weighted by Crippen LogP contribution is 2.39. The molecular weight excluding hydrogens is 892 g/mol. The van der Waals surface area contributed by atoms with Gasteiger partial charge in [0.2, 0.25) is 11.8 Å². The van der Waals surface area contributed by atoms with Gasteiger partial charge in [0, 0.05) is 39.4 Å². The van der Waals surface area contributed by atoms with Crippen LogP contribution in [0.3, 0.4) is 0 Å². The Labute approximate surface area is 349 Å². The Morgan fingerprint density at radius 3 is 1.32 bits per heavy atom. The molecule has 1 aromatic heterocycles. The molecule has 0 aliphatic carbocycles. The van der Waals surface area contributed by atoms with E-state index in [1.165, 1.54) is 29.6 Å². The molecule has 0 aliphatic rings. The zero-order valence-corrected chi connectivity index (χ0v) is 35.2. The number of rotatable bonds is 22. The molecule has 302 valence electrons. The summed E-state index contributed by atoms with van der Waals surface area (Å²) in [5.74, 6) is -1.03. The third kappa shape index (κ3) is 15.9. The van der Waals surface area contributed by atoms with Crippen LogP contribution in [0.1, 0.15) is 59.5 Å². The van der Waals surface area contributed by atoms with Crippen LogP contribution in [0.25, 0.3) is 0 Å². The summed E-state index contributed by atoms with van der Waals surface area (Å²) in [6.07, 6.45) is 4.25. The molecule has 2 aromatic carbocycles. The maximum Gasteiger partial charge on any atom is 0.274 e. The van der Waals surface area contributed by atoms with Gasteiger partial charge in [-0.25, -0.2) is 9.97 Å². The molecule has 3 aromatic rings. The average molecular weight is 939 g/mol. The van der Waals surface area contributed by atoms with Gasteiger partial charge in [-0.1, -0.05) is 31.9 Å². The van der Waals surface area contributed by atoms with Crippen molar-refractivity contribution in [1.29, 1.82) is 0 Å². The molecule has 16 N–H and O–H groups in total. The van der Waals surface area contributed by atoms with Crippen LogP contribution in [0.5, 0.6) is 0 Å². The van der Waals surface area contributed by atoms with Crippen LogP contribution in [-0.4, -0.2) is 83.2 Å². The third-order valence-electron chi connectivity index (χ3n) is 7.26. The molecule has 4 amide bonds. The number of aliphatic imine (C=N–C) groups is 2. The molecule has 18 nitrogen and oxygen atoms in total. The average Bonchev–Trinajstić information content (AvgIpc) is 3.13. The molecule has 0 saturated heterocycles. The van der Waals surface area contributed by atoms with Gasteiger partial charge in [-0.15, -0.1) is 23.5 Å². The van der Waals surface area contributed by atoms with Crippen molar-refractivity contribution >= 4 is 114 Å². The Morgan fingerprint density at radius 1 is 0.589 bits per heavy atom. The van der Waals surface area contributed by atoms with E-state index in [9.17, 15) is 19.2 Å². The Kier molecular flexibility index (Phi) is 19.9. The number of nitrogens with one attached hydrogen (secondary N) is 4. The molecule has 0 unspecified atom stereocenters. The summed E-state index contributed by atoms with van der Waals surface area (Å²) in [7, 11) is 0. The number of nitrogens with zero attached hydrogens (tertiary/aromatic N) is 4. The number of benzene rings is 2. The first-order valence-electron chi connectivity index (χ1n) is 17.3. The SMILES string of the molecule is NCCCCC(=O)Nc1cc(Br)cc(NC(=O)c2cc(C(=O)Nc3cc(Br)cc(NC(=O)CCCCN)c3SCCN=C(N)N)ncn2)c1SCCN=C(N)N. The third-order valence-corrected chi connectivity index (χ3v) is 10.4. The van der Waals surface area contributed by atoms with Crippen LogP contribution in [-0.2, 0) is 9.59 Å². The minimum absolute atomic E-state index is 0.0639. The number of hydrogen-bond acceptors (Lipinski definition) is 12. The molecule has 22 heteroatoms. The molecule has 0 fully saturated rings. The van der Waals surface area contributed by atoms with Crippen molar-refractivity contribution in [2.45, 2.75) is 48.3 Å². The Balaban J connectivity index is 1.90. The molecule has 0 aliphatic heterocycles. The van der Waals surface area contributed by atoms with E-state index in [1.54, 1.807) is 24.3 Å². The maximum atomic E-state index is 13.7. The van der Waals surface area contributed by atoms with Crippen LogP contribution < -0.4 is 55.7 Å². The first-order valence-corrected chi connectivity index (χ1v) is 20.8. The van der Waals surface area contributed by atoms with Crippen molar-refractivity contribution < 1.29 is 19.2 Å². The molecule has 1 heterocycles. The van der Waals surface area contributed by atoms with E-state index in [1.807, 2.05) is 0 Å². The van der Waals surface area contributed by atoms with Crippen molar-refractivity contribution in [1.82, 2.24) is 9.97 Å². The molecule has 0 atom stereocenters. The smallest absolute Gasteiger partial charge is 0.274 e. The summed E-state index contributed by atoms with van der Waals surface area (Å²) < 4.78 is 1.15. The van der Waals surface area contributed by atoms with Gasteiger partial charge >= 0.3 is 0 Å². The fraction of sp³-hybridized carbons (Fsp3) is 0.353. The van der Waals surface area contributed by atoms with Crippen molar-refractivity contribution in [3.8, 4) is 0 Å². The number of hydrogen-bond donors (Lipinski definition) is 10. The van der Waals surface area contributed by atoms with Gasteiger partial charge in [0.25, 0.3) is 11.8 Å². The lowest BCUT2D eigenvalue weighted by molar-refractivity contribution is -0.117. The lowest BCUT2D eigenvalue weighted by Gasteiger charge is -2.17. The summed E-state index contributed by atoms with van der Waals surface area (Å²) in [4.78, 5) is 70.3. The van der Waals surface area contributed by atoms with Crippen molar-refractivity contribution in [3.05, 3.63) is 57.0 Å². The Morgan fingerprint density at radius 2 is 0.964 bits per heavy atom. The molecule has 0 radical (unpaired) electrons. The predicted octanol–water partition coefficient (Wildman–Crippen LogP) is 3.37. The van der Waals surface area contributed by atoms with Crippen molar-refractivity contribution in [3.63, 3.8) is 0 Å². The number of carbonyl (C=O) groups is 4. The molecule has 0 saturated carbocycles. The van der Waals surface area contributed by atoms with Crippen LogP contribution >= 0.6 is 55.4 Å². The van der Waals surface area contributed by atoms with E-state index >= 15 is 0 Å². The fourth-order valence-corrected chi connectivity index (χ4v) is 7.53. The minimum Gasteiger partial charge on any atom is -0.370 e. The van der Waals surface area contributed by atoms with Gasteiger partial charge in [-0.2, -0.15) is 0 Å². The maximum absolute atomic E-state index is 13.7. The van der Waals surface area contributed by atoms with Gasteiger partial charge in [-0.3, -0.25) is 29.2 Å². The second kappa shape index (κ2) is 24.2. The monoisotopic (exact) mass is 936 g/mol. The lowest BCUT2D eigenvalue weighted by atomic mass is 10.2. The van der Waals surface area contributed by atoms with Crippen molar-refractivity contribution in [2.24, 2.45) is 44.4 Å². The van der Waals surface area contributed by atoms with Gasteiger partial charge in [0.15, 0.2) is 11.9 Å². The van der Waals surface area contributed by atoms with Crippen LogP contribution in [0, 0.1) is 0 Å². The second-order valence-corrected chi connectivity index (χ2v) is 15.8. The zero-order valence-electron chi connectivity index (χ0n) is 30.4. The van der Waals surface area contributed by atoms with E-state index in [0.29, 0.717) is 91.8 Å². The number of nitrogens with two attached hydrogens (primary N) is 6. The number of carbonyl (C=O) groups excluding carboxylic acids is 4. The molecule has 3 rings (SSSR count). The first kappa shape index (κ1) is 45.9. The van der Waals surface area contributed by atoms with Gasteiger partial charge in [0.05, 0.1) is 45.6 Å². The summed E-state index contributed by atoms with van der Waals surface area (Å²) in [5, 5.41) is 11.5. The Hall–Kier alpha value is -4.48. The molecule has 56 heavy (non-hydrogen) atoms. The summed E-state index contributed by atoms with van der Waals surface area (Å²) >= 11 is 9.57. The van der Waals surface area contributed by atoms with Gasteiger partial charge in [0.1, 0.15) is 17.7 Å². The van der Waals surface area contributed by atoms with E-state index in [0.717, 1.165) is 6.33 Å². The summed E-state index contributed by atoms with van der Waals surface area (Å²) in [6.45, 7) is 1.51. The number of guanidine groups is 2. The van der Waals surface area contributed by atoms with Crippen LogP contribution in [0.4, 0.5) is 22.7 Å². The summed E-state index contributed by atoms with van der Waals surface area (Å²) in [5.41, 5.74) is 34.5. The second-order valence-electron chi connectivity index (χ2n) is 11.8. The quantitative estimate of drug-likeness (QED) is 0.0299. The lowest BCUT2D eigenvalue weighted by Crippen LogP contribution is -2.23. The standard InChI is InChI=1S/C34H46Br2N14O4S2/c35-19-13-21(47-27(51)5-1-3-7-37)29(55-11-9-43-33(39)40)23(15-19)49-31(53)25-17-26(46-18-45-25)32(54)50-24-16-20(36)14-22(48-28(52)6-2-4-8-38)30(24)56-12-10-44-34(41)42/h13-18H,1-12,37-38H2,(H,47,51)(H,48,52)(H,49,53)(H,50,54)(H4,39,40,43)(H4,41,42,44). The summed E-state index contributed by atoms with van der Waals surface area (Å²) in [6, 6.07) is 8.04. The Bertz CT molecular complexity index is 1780. The largest absolute Gasteiger partial charge is 0.370 e. The molecule has 0 bridgehead atoms. The first-order chi connectivity index (χ1) is 26.8. The predicted molar refractivity (Wildman–Crippen MR) is 232 cm³/mol. The highest BCUT2D eigenvalue weighted by Gasteiger charge is 2.21. The van der Waals surface area contributed by atoms with Crippen molar-refractivity contribution in [2.75, 3.05) is 59.0 Å². The highest BCUT2D eigenvalue weighted by molar-refractivity contribution is 9.10. The zero-order chi connectivity index (χ0) is 41.0. The molecule has 0 spiro atoms. The number of anilines is 4. The number of amides is 4.